The van der Waals surface area contributed by atoms with Gasteiger partial charge in [-0.05, 0) is 24.3 Å². The zero-order chi connectivity index (χ0) is 13.8. The van der Waals surface area contributed by atoms with E-state index in [9.17, 15) is 4.79 Å². The number of aromatic carboxylic acids is 1. The van der Waals surface area contributed by atoms with Crippen LogP contribution in [0.3, 0.4) is 0 Å². The fourth-order valence-corrected chi connectivity index (χ4v) is 1.90. The SMILES string of the molecule is Nc1cccc(COc2cccc(Cl)c2)c1C(=O)O. The molecule has 0 aliphatic rings. The minimum Gasteiger partial charge on any atom is -0.489 e. The smallest absolute Gasteiger partial charge is 0.338 e. The van der Waals surface area contributed by atoms with Gasteiger partial charge in [-0.3, -0.25) is 0 Å². The highest BCUT2D eigenvalue weighted by atomic mass is 35.5. The summed E-state index contributed by atoms with van der Waals surface area (Å²) < 4.78 is 5.52. The molecule has 0 aromatic heterocycles. The van der Waals surface area contributed by atoms with Crippen LogP contribution in [0.5, 0.6) is 5.75 Å². The van der Waals surface area contributed by atoms with Gasteiger partial charge in [-0.2, -0.15) is 0 Å². The Morgan fingerprint density at radius 3 is 2.68 bits per heavy atom. The van der Waals surface area contributed by atoms with E-state index < -0.39 is 5.97 Å². The zero-order valence-electron chi connectivity index (χ0n) is 9.97. The number of carbonyl (C=O) groups is 1. The average Bonchev–Trinajstić information content (AvgIpc) is 2.36. The van der Waals surface area contributed by atoms with Crippen molar-refractivity contribution in [1.29, 1.82) is 0 Å². The van der Waals surface area contributed by atoms with Gasteiger partial charge in [-0.25, -0.2) is 4.79 Å². The Hall–Kier alpha value is -2.20. The molecule has 2 aromatic carbocycles. The molecule has 0 aliphatic carbocycles. The fraction of sp³-hybridized carbons (Fsp3) is 0.0714. The molecule has 4 nitrogen and oxygen atoms in total. The molecule has 19 heavy (non-hydrogen) atoms. The van der Waals surface area contributed by atoms with Crippen molar-refractivity contribution in [2.24, 2.45) is 0 Å². The molecule has 2 aromatic rings. The Bertz CT molecular complexity index is 613. The van der Waals surface area contributed by atoms with E-state index in [2.05, 4.69) is 0 Å². The Morgan fingerprint density at radius 1 is 1.26 bits per heavy atom. The summed E-state index contributed by atoms with van der Waals surface area (Å²) in [5, 5.41) is 9.69. The zero-order valence-corrected chi connectivity index (χ0v) is 10.7. The van der Waals surface area contributed by atoms with Crippen molar-refractivity contribution in [3.63, 3.8) is 0 Å². The Labute approximate surface area is 115 Å². The van der Waals surface area contributed by atoms with Crippen molar-refractivity contribution < 1.29 is 14.6 Å². The van der Waals surface area contributed by atoms with Gasteiger partial charge in [0.25, 0.3) is 0 Å². The van der Waals surface area contributed by atoms with E-state index in [4.69, 9.17) is 27.2 Å². The number of hydrogen-bond donors (Lipinski definition) is 2. The minimum absolute atomic E-state index is 0.0736. The molecule has 3 N–H and O–H groups in total. The predicted octanol–water partition coefficient (Wildman–Crippen LogP) is 3.20. The van der Waals surface area contributed by atoms with Crippen molar-refractivity contribution in [3.05, 3.63) is 58.6 Å². The van der Waals surface area contributed by atoms with E-state index in [1.165, 1.54) is 0 Å². The number of rotatable bonds is 4. The second kappa shape index (κ2) is 5.63. The van der Waals surface area contributed by atoms with Crippen molar-refractivity contribution in [2.75, 3.05) is 5.73 Å². The van der Waals surface area contributed by atoms with Gasteiger partial charge in [0, 0.05) is 16.3 Å². The largest absolute Gasteiger partial charge is 0.489 e. The molecule has 0 atom stereocenters. The van der Waals surface area contributed by atoms with Gasteiger partial charge in [0.15, 0.2) is 0 Å². The van der Waals surface area contributed by atoms with Gasteiger partial charge in [0.2, 0.25) is 0 Å². The second-order valence-corrected chi connectivity index (χ2v) is 4.37. The van der Waals surface area contributed by atoms with E-state index in [-0.39, 0.29) is 17.9 Å². The first-order valence-corrected chi connectivity index (χ1v) is 5.95. The Morgan fingerprint density at radius 2 is 2.00 bits per heavy atom. The molecule has 0 amide bonds. The van der Waals surface area contributed by atoms with E-state index in [0.29, 0.717) is 16.3 Å². The quantitative estimate of drug-likeness (QED) is 0.842. The Kier molecular flexibility index (Phi) is 3.92. The molecule has 5 heteroatoms. The molecule has 98 valence electrons. The third-order valence-electron chi connectivity index (χ3n) is 2.59. The van der Waals surface area contributed by atoms with Gasteiger partial charge in [0.05, 0.1) is 5.56 Å². The standard InChI is InChI=1S/C14H12ClNO3/c15-10-4-2-5-11(7-10)19-8-9-3-1-6-12(16)13(9)14(17)18/h1-7H,8,16H2,(H,17,18). The fourth-order valence-electron chi connectivity index (χ4n) is 1.72. The lowest BCUT2D eigenvalue weighted by Crippen LogP contribution is -2.09. The number of nitrogens with two attached hydrogens (primary N) is 1. The number of carboxylic acid groups (broad SMARTS) is 1. The van der Waals surface area contributed by atoms with Gasteiger partial charge in [-0.15, -0.1) is 0 Å². The predicted molar refractivity (Wildman–Crippen MR) is 73.6 cm³/mol. The first kappa shape index (κ1) is 13.2. The average molecular weight is 278 g/mol. The third-order valence-corrected chi connectivity index (χ3v) is 2.82. The van der Waals surface area contributed by atoms with Crippen LogP contribution < -0.4 is 10.5 Å². The summed E-state index contributed by atoms with van der Waals surface area (Å²) in [6.07, 6.45) is 0. The lowest BCUT2D eigenvalue weighted by atomic mass is 10.1. The lowest BCUT2D eigenvalue weighted by Gasteiger charge is -2.10. The summed E-state index contributed by atoms with van der Waals surface area (Å²) in [6.45, 7) is 0.118. The number of carboxylic acids is 1. The molecule has 2 rings (SSSR count). The summed E-state index contributed by atoms with van der Waals surface area (Å²) in [6, 6.07) is 11.8. The summed E-state index contributed by atoms with van der Waals surface area (Å²) in [5.74, 6) is -0.492. The molecule has 0 saturated heterocycles. The molecule has 0 aliphatic heterocycles. The molecule has 0 unspecified atom stereocenters. The third kappa shape index (κ3) is 3.17. The lowest BCUT2D eigenvalue weighted by molar-refractivity contribution is 0.0695. The first-order valence-electron chi connectivity index (χ1n) is 5.57. The van der Waals surface area contributed by atoms with Crippen LogP contribution in [-0.4, -0.2) is 11.1 Å². The van der Waals surface area contributed by atoms with E-state index in [1.54, 1.807) is 42.5 Å². The topological polar surface area (TPSA) is 72.5 Å². The maximum Gasteiger partial charge on any atom is 0.338 e. The summed E-state index contributed by atoms with van der Waals surface area (Å²) in [5.41, 5.74) is 6.47. The van der Waals surface area contributed by atoms with Crippen LogP contribution in [0.15, 0.2) is 42.5 Å². The molecule has 0 bridgehead atoms. The molecule has 0 radical (unpaired) electrons. The van der Waals surface area contributed by atoms with Crippen LogP contribution in [0.2, 0.25) is 5.02 Å². The van der Waals surface area contributed by atoms with Crippen LogP contribution in [0, 0.1) is 0 Å². The molecule has 0 spiro atoms. The maximum absolute atomic E-state index is 11.2. The number of anilines is 1. The highest BCUT2D eigenvalue weighted by Gasteiger charge is 2.13. The highest BCUT2D eigenvalue weighted by Crippen LogP contribution is 2.21. The van der Waals surface area contributed by atoms with Gasteiger partial charge >= 0.3 is 5.97 Å². The van der Waals surface area contributed by atoms with Crippen LogP contribution in [0.1, 0.15) is 15.9 Å². The Balaban J connectivity index is 2.20. The van der Waals surface area contributed by atoms with E-state index >= 15 is 0 Å². The summed E-state index contributed by atoms with van der Waals surface area (Å²) in [4.78, 5) is 11.2. The van der Waals surface area contributed by atoms with Gasteiger partial charge in [0.1, 0.15) is 12.4 Å². The van der Waals surface area contributed by atoms with Gasteiger partial charge in [-0.1, -0.05) is 29.8 Å². The highest BCUT2D eigenvalue weighted by molar-refractivity contribution is 6.30. The van der Waals surface area contributed by atoms with Crippen molar-refractivity contribution in [1.82, 2.24) is 0 Å². The maximum atomic E-state index is 11.2. The molecular weight excluding hydrogens is 266 g/mol. The minimum atomic E-state index is -1.07. The number of hydrogen-bond acceptors (Lipinski definition) is 3. The summed E-state index contributed by atoms with van der Waals surface area (Å²) in [7, 11) is 0. The van der Waals surface area contributed by atoms with E-state index in [0.717, 1.165) is 0 Å². The molecule has 0 fully saturated rings. The normalized spacial score (nSPS) is 10.2. The number of benzene rings is 2. The van der Waals surface area contributed by atoms with E-state index in [1.807, 2.05) is 0 Å². The van der Waals surface area contributed by atoms with Crippen LogP contribution in [0.25, 0.3) is 0 Å². The van der Waals surface area contributed by atoms with Crippen LogP contribution in [-0.2, 0) is 6.61 Å². The summed E-state index contributed by atoms with van der Waals surface area (Å²) >= 11 is 5.84. The second-order valence-electron chi connectivity index (χ2n) is 3.93. The van der Waals surface area contributed by atoms with Crippen molar-refractivity contribution in [2.45, 2.75) is 6.61 Å². The monoisotopic (exact) mass is 277 g/mol. The van der Waals surface area contributed by atoms with Crippen molar-refractivity contribution >= 4 is 23.3 Å². The van der Waals surface area contributed by atoms with Crippen LogP contribution >= 0.6 is 11.6 Å². The first-order chi connectivity index (χ1) is 9.08. The van der Waals surface area contributed by atoms with Crippen molar-refractivity contribution in [3.8, 4) is 5.75 Å². The molecule has 0 saturated carbocycles. The van der Waals surface area contributed by atoms with Gasteiger partial charge < -0.3 is 15.6 Å². The number of ether oxygens (including phenoxy) is 1. The number of halogens is 1. The molecular formula is C14H12ClNO3. The number of nitrogen functional groups attached to an aromatic ring is 1. The van der Waals surface area contributed by atoms with Crippen LogP contribution in [0.4, 0.5) is 5.69 Å². The molecule has 0 heterocycles.